The maximum atomic E-state index is 12.4. The minimum atomic E-state index is -0.421. The number of fused-ring (bicyclic) bond motifs is 1. The molecule has 1 aromatic rings. The van der Waals surface area contributed by atoms with Gasteiger partial charge in [0, 0.05) is 24.7 Å². The molecule has 0 amide bonds. The van der Waals surface area contributed by atoms with E-state index in [1.54, 1.807) is 14.2 Å². The molecule has 8 nitrogen and oxygen atoms in total. The van der Waals surface area contributed by atoms with Gasteiger partial charge >= 0.3 is 11.9 Å². The third kappa shape index (κ3) is 5.73. The number of esters is 2. The molecular formula is C22H30O8. The van der Waals surface area contributed by atoms with Crippen molar-refractivity contribution in [3.05, 3.63) is 33.9 Å². The fourth-order valence-corrected chi connectivity index (χ4v) is 3.25. The second kappa shape index (κ2) is 11.6. The summed E-state index contributed by atoms with van der Waals surface area (Å²) in [4.78, 5) is 23.8. The van der Waals surface area contributed by atoms with Gasteiger partial charge < -0.3 is 28.4 Å². The van der Waals surface area contributed by atoms with E-state index in [4.69, 9.17) is 23.7 Å². The highest BCUT2D eigenvalue weighted by molar-refractivity contribution is 5.98. The van der Waals surface area contributed by atoms with Gasteiger partial charge in [-0.05, 0) is 32.3 Å². The summed E-state index contributed by atoms with van der Waals surface area (Å²) >= 11 is 0. The van der Waals surface area contributed by atoms with Crippen LogP contribution >= 0.6 is 0 Å². The van der Waals surface area contributed by atoms with Crippen molar-refractivity contribution in [2.75, 3.05) is 41.3 Å². The van der Waals surface area contributed by atoms with E-state index in [1.165, 1.54) is 7.11 Å². The van der Waals surface area contributed by atoms with Crippen LogP contribution in [0.15, 0.2) is 11.6 Å². The molecule has 0 saturated heterocycles. The number of hydrogen-bond acceptors (Lipinski definition) is 8. The van der Waals surface area contributed by atoms with Crippen molar-refractivity contribution >= 4 is 11.9 Å². The average molecular weight is 422 g/mol. The van der Waals surface area contributed by atoms with Gasteiger partial charge in [-0.1, -0.05) is 11.6 Å². The molecule has 1 aliphatic rings. The van der Waals surface area contributed by atoms with Crippen LogP contribution in [0, 0.1) is 6.92 Å². The molecule has 0 atom stereocenters. The lowest BCUT2D eigenvalue weighted by Crippen LogP contribution is -2.13. The summed E-state index contributed by atoms with van der Waals surface area (Å²) in [6, 6.07) is 0. The van der Waals surface area contributed by atoms with E-state index in [2.05, 4.69) is 4.74 Å². The predicted molar refractivity (Wildman–Crippen MR) is 109 cm³/mol. The molecule has 0 spiro atoms. The molecule has 0 radical (unpaired) electrons. The highest BCUT2D eigenvalue weighted by Crippen LogP contribution is 2.42. The van der Waals surface area contributed by atoms with Crippen LogP contribution < -0.4 is 9.47 Å². The highest BCUT2D eigenvalue weighted by atomic mass is 16.7. The summed E-state index contributed by atoms with van der Waals surface area (Å²) in [5, 5.41) is 0. The van der Waals surface area contributed by atoms with E-state index in [9.17, 15) is 9.59 Å². The van der Waals surface area contributed by atoms with Gasteiger partial charge in [0.2, 0.25) is 0 Å². The molecule has 0 unspecified atom stereocenters. The number of hydrogen-bond donors (Lipinski definition) is 0. The number of allylic oxidation sites excluding steroid dienone is 2. The van der Waals surface area contributed by atoms with Crippen molar-refractivity contribution in [3.8, 4) is 11.5 Å². The smallest absolute Gasteiger partial charge is 0.342 e. The molecule has 0 saturated carbocycles. The molecule has 1 heterocycles. The summed E-state index contributed by atoms with van der Waals surface area (Å²) in [6.45, 7) is 4.80. The lowest BCUT2D eigenvalue weighted by Gasteiger charge is -2.19. The van der Waals surface area contributed by atoms with Crippen molar-refractivity contribution in [2.45, 2.75) is 39.7 Å². The molecule has 0 aliphatic carbocycles. The normalized spacial score (nSPS) is 13.1. The van der Waals surface area contributed by atoms with Gasteiger partial charge in [0.1, 0.15) is 23.7 Å². The van der Waals surface area contributed by atoms with Gasteiger partial charge in [0.15, 0.2) is 6.79 Å². The number of cyclic esters (lactones) is 1. The molecule has 1 aliphatic heterocycles. The Kier molecular flexibility index (Phi) is 9.14. The van der Waals surface area contributed by atoms with E-state index in [0.29, 0.717) is 49.5 Å². The zero-order valence-corrected chi connectivity index (χ0v) is 18.3. The molecule has 0 N–H and O–H groups in total. The summed E-state index contributed by atoms with van der Waals surface area (Å²) in [5.74, 6) is 0.379. The maximum absolute atomic E-state index is 12.4. The molecule has 0 bridgehead atoms. The van der Waals surface area contributed by atoms with E-state index in [-0.39, 0.29) is 19.4 Å². The Hall–Kier alpha value is -2.58. The van der Waals surface area contributed by atoms with Gasteiger partial charge in [-0.2, -0.15) is 0 Å². The standard InChI is InChI=1S/C22H30O8/c1-14(7-9-18(23)26-4)6-8-16-20(27-5)15(2)17-12-29-22(24)19(17)21(16)30-13-28-11-10-25-3/h6H,7-13H2,1-5H3/b14-6+. The molecule has 30 heavy (non-hydrogen) atoms. The minimum Gasteiger partial charge on any atom is -0.496 e. The third-order valence-corrected chi connectivity index (χ3v) is 4.95. The van der Waals surface area contributed by atoms with Crippen molar-refractivity contribution in [1.82, 2.24) is 0 Å². The molecule has 0 fully saturated rings. The predicted octanol–water partition coefficient (Wildman–Crippen LogP) is 3.12. The summed E-state index contributed by atoms with van der Waals surface area (Å²) in [5.41, 5.74) is 3.78. The number of methoxy groups -OCH3 is 3. The van der Waals surface area contributed by atoms with Crippen LogP contribution in [0.5, 0.6) is 11.5 Å². The van der Waals surface area contributed by atoms with Crippen molar-refractivity contribution in [2.24, 2.45) is 0 Å². The van der Waals surface area contributed by atoms with Crippen LogP contribution in [0.1, 0.15) is 46.8 Å². The summed E-state index contributed by atoms with van der Waals surface area (Å²) < 4.78 is 31.9. The first-order valence-electron chi connectivity index (χ1n) is 9.75. The van der Waals surface area contributed by atoms with E-state index in [0.717, 1.165) is 22.3 Å². The fraction of sp³-hybridized carbons (Fsp3) is 0.545. The second-order valence-corrected chi connectivity index (χ2v) is 6.89. The highest BCUT2D eigenvalue weighted by Gasteiger charge is 2.33. The number of carbonyl (C=O) groups is 2. The van der Waals surface area contributed by atoms with Gasteiger partial charge in [-0.15, -0.1) is 0 Å². The Balaban J connectivity index is 2.33. The van der Waals surface area contributed by atoms with Gasteiger partial charge in [0.05, 0.1) is 27.4 Å². The van der Waals surface area contributed by atoms with Crippen LogP contribution in [0.4, 0.5) is 0 Å². The van der Waals surface area contributed by atoms with Gasteiger partial charge in [-0.3, -0.25) is 4.79 Å². The third-order valence-electron chi connectivity index (χ3n) is 4.95. The summed E-state index contributed by atoms with van der Waals surface area (Å²) in [6.07, 6.45) is 3.34. The van der Waals surface area contributed by atoms with E-state index >= 15 is 0 Å². The van der Waals surface area contributed by atoms with Crippen molar-refractivity contribution < 1.29 is 38.0 Å². The number of ether oxygens (including phenoxy) is 6. The molecule has 2 rings (SSSR count). The molecular weight excluding hydrogens is 392 g/mol. The first-order chi connectivity index (χ1) is 14.4. The zero-order chi connectivity index (χ0) is 22.1. The van der Waals surface area contributed by atoms with Crippen LogP contribution in [-0.4, -0.2) is 53.3 Å². The zero-order valence-electron chi connectivity index (χ0n) is 18.3. The average Bonchev–Trinajstić information content (AvgIpc) is 3.13. The van der Waals surface area contributed by atoms with Crippen molar-refractivity contribution in [3.63, 3.8) is 0 Å². The van der Waals surface area contributed by atoms with E-state index < -0.39 is 5.97 Å². The number of benzene rings is 1. The molecule has 1 aromatic carbocycles. The van der Waals surface area contributed by atoms with Crippen LogP contribution in [-0.2, 0) is 36.8 Å². The monoisotopic (exact) mass is 422 g/mol. The SMILES string of the molecule is COCCOCOc1c(C/C=C(\C)CCC(=O)OC)c(OC)c(C)c2c1C(=O)OC2. The number of carbonyl (C=O) groups excluding carboxylic acids is 2. The Morgan fingerprint density at radius 3 is 2.57 bits per heavy atom. The largest absolute Gasteiger partial charge is 0.496 e. The fourth-order valence-electron chi connectivity index (χ4n) is 3.25. The first-order valence-corrected chi connectivity index (χ1v) is 9.75. The van der Waals surface area contributed by atoms with Crippen LogP contribution in [0.3, 0.4) is 0 Å². The number of rotatable bonds is 12. The quantitative estimate of drug-likeness (QED) is 0.220. The lowest BCUT2D eigenvalue weighted by molar-refractivity contribution is -0.140. The van der Waals surface area contributed by atoms with E-state index in [1.807, 2.05) is 19.9 Å². The first kappa shape index (κ1) is 23.7. The topological polar surface area (TPSA) is 89.5 Å². The van der Waals surface area contributed by atoms with Gasteiger partial charge in [0.25, 0.3) is 0 Å². The minimum absolute atomic E-state index is 0.0344. The van der Waals surface area contributed by atoms with Crippen molar-refractivity contribution in [1.29, 1.82) is 0 Å². The molecule has 8 heteroatoms. The van der Waals surface area contributed by atoms with Crippen LogP contribution in [0.2, 0.25) is 0 Å². The molecule has 166 valence electrons. The van der Waals surface area contributed by atoms with Crippen LogP contribution in [0.25, 0.3) is 0 Å². The maximum Gasteiger partial charge on any atom is 0.342 e. The Morgan fingerprint density at radius 2 is 1.90 bits per heavy atom. The Bertz CT molecular complexity index is 797. The Labute approximate surface area is 177 Å². The lowest BCUT2D eigenvalue weighted by atomic mass is 9.94. The summed E-state index contributed by atoms with van der Waals surface area (Å²) in [7, 11) is 4.55. The second-order valence-electron chi connectivity index (χ2n) is 6.89. The van der Waals surface area contributed by atoms with Gasteiger partial charge in [-0.25, -0.2) is 4.79 Å². The Morgan fingerprint density at radius 1 is 1.13 bits per heavy atom. The molecule has 0 aromatic heterocycles.